The molecule has 4 heteroatoms. The lowest BCUT2D eigenvalue weighted by molar-refractivity contribution is -0.147. The minimum Gasteiger partial charge on any atom is -0.390 e. The third-order valence-electron chi connectivity index (χ3n) is 4.47. The van der Waals surface area contributed by atoms with Crippen LogP contribution in [0, 0.1) is 5.92 Å². The summed E-state index contributed by atoms with van der Waals surface area (Å²) in [6, 6.07) is 0. The van der Waals surface area contributed by atoms with E-state index in [1.54, 1.807) is 0 Å². The molecule has 0 aromatic carbocycles. The SMILES string of the molecule is CCOC1(C(O)Cc2cnn(CC)c2)CCCC(C)C1. The van der Waals surface area contributed by atoms with Gasteiger partial charge in [-0.15, -0.1) is 0 Å². The standard InChI is InChI=1S/C16H28N2O2/c1-4-18-12-14(11-17-18)9-15(19)16(20-5-2)8-6-7-13(3)10-16/h11-13,15,19H,4-10H2,1-3H3. The van der Waals surface area contributed by atoms with E-state index in [-0.39, 0.29) is 5.60 Å². The van der Waals surface area contributed by atoms with Crippen LogP contribution in [0.15, 0.2) is 12.4 Å². The van der Waals surface area contributed by atoms with E-state index in [0.717, 1.165) is 31.4 Å². The summed E-state index contributed by atoms with van der Waals surface area (Å²) >= 11 is 0. The minimum atomic E-state index is -0.445. The molecular weight excluding hydrogens is 252 g/mol. The number of aryl methyl sites for hydroxylation is 1. The minimum absolute atomic E-state index is 0.360. The van der Waals surface area contributed by atoms with Crippen molar-refractivity contribution >= 4 is 0 Å². The Labute approximate surface area is 122 Å². The van der Waals surface area contributed by atoms with Gasteiger partial charge in [-0.2, -0.15) is 5.10 Å². The van der Waals surface area contributed by atoms with Gasteiger partial charge in [0.1, 0.15) is 0 Å². The van der Waals surface area contributed by atoms with Gasteiger partial charge in [-0.1, -0.05) is 19.8 Å². The molecule has 1 aromatic heterocycles. The van der Waals surface area contributed by atoms with Crippen LogP contribution in [0.5, 0.6) is 0 Å². The highest BCUT2D eigenvalue weighted by Crippen LogP contribution is 2.38. The maximum atomic E-state index is 10.7. The van der Waals surface area contributed by atoms with E-state index in [1.807, 2.05) is 24.0 Å². The summed E-state index contributed by atoms with van der Waals surface area (Å²) in [5.41, 5.74) is 0.734. The van der Waals surface area contributed by atoms with E-state index in [1.165, 1.54) is 6.42 Å². The molecule has 1 fully saturated rings. The van der Waals surface area contributed by atoms with E-state index in [0.29, 0.717) is 18.9 Å². The summed E-state index contributed by atoms with van der Waals surface area (Å²) in [6.07, 6.45) is 8.39. The van der Waals surface area contributed by atoms with Crippen molar-refractivity contribution < 1.29 is 9.84 Å². The third-order valence-corrected chi connectivity index (χ3v) is 4.47. The smallest absolute Gasteiger partial charge is 0.0945 e. The third kappa shape index (κ3) is 3.41. The van der Waals surface area contributed by atoms with Gasteiger partial charge in [0.25, 0.3) is 0 Å². The Kier molecular flexibility index (Phi) is 5.22. The maximum absolute atomic E-state index is 10.7. The summed E-state index contributed by atoms with van der Waals surface area (Å²) in [5.74, 6) is 0.628. The summed E-state index contributed by atoms with van der Waals surface area (Å²) < 4.78 is 7.93. The molecule has 1 aliphatic carbocycles. The molecule has 20 heavy (non-hydrogen) atoms. The van der Waals surface area contributed by atoms with Gasteiger partial charge >= 0.3 is 0 Å². The maximum Gasteiger partial charge on any atom is 0.0945 e. The van der Waals surface area contributed by atoms with Gasteiger partial charge in [-0.05, 0) is 38.2 Å². The largest absolute Gasteiger partial charge is 0.390 e. The highest BCUT2D eigenvalue weighted by Gasteiger charge is 2.42. The van der Waals surface area contributed by atoms with Crippen molar-refractivity contribution in [3.05, 3.63) is 18.0 Å². The van der Waals surface area contributed by atoms with Gasteiger partial charge in [-0.25, -0.2) is 0 Å². The molecule has 1 saturated carbocycles. The molecule has 1 heterocycles. The average Bonchev–Trinajstić information content (AvgIpc) is 2.86. The topological polar surface area (TPSA) is 47.3 Å². The Morgan fingerprint density at radius 3 is 2.95 bits per heavy atom. The molecule has 0 spiro atoms. The Morgan fingerprint density at radius 2 is 2.35 bits per heavy atom. The van der Waals surface area contributed by atoms with E-state index in [2.05, 4.69) is 18.9 Å². The molecule has 0 saturated heterocycles. The van der Waals surface area contributed by atoms with Crippen LogP contribution in [0.1, 0.15) is 52.0 Å². The van der Waals surface area contributed by atoms with E-state index < -0.39 is 6.10 Å². The van der Waals surface area contributed by atoms with Crippen LogP contribution in [0.25, 0.3) is 0 Å². The normalized spacial score (nSPS) is 28.5. The van der Waals surface area contributed by atoms with Crippen LogP contribution in [-0.4, -0.2) is 33.2 Å². The zero-order valence-corrected chi connectivity index (χ0v) is 13.0. The van der Waals surface area contributed by atoms with Gasteiger partial charge in [-0.3, -0.25) is 4.68 Å². The van der Waals surface area contributed by atoms with Gasteiger partial charge in [0.15, 0.2) is 0 Å². The monoisotopic (exact) mass is 280 g/mol. The quantitative estimate of drug-likeness (QED) is 0.871. The van der Waals surface area contributed by atoms with Gasteiger partial charge < -0.3 is 9.84 Å². The van der Waals surface area contributed by atoms with Gasteiger partial charge in [0.2, 0.25) is 0 Å². The lowest BCUT2D eigenvalue weighted by atomic mass is 9.74. The molecule has 2 rings (SSSR count). The Bertz CT molecular complexity index is 414. The molecule has 3 unspecified atom stereocenters. The number of aromatic nitrogens is 2. The highest BCUT2D eigenvalue weighted by molar-refractivity contribution is 5.08. The van der Waals surface area contributed by atoms with E-state index in [9.17, 15) is 5.11 Å². The zero-order valence-electron chi connectivity index (χ0n) is 13.0. The van der Waals surface area contributed by atoms with Crippen LogP contribution >= 0.6 is 0 Å². The van der Waals surface area contributed by atoms with Crippen LogP contribution in [0.2, 0.25) is 0 Å². The Balaban J connectivity index is 2.07. The van der Waals surface area contributed by atoms with E-state index in [4.69, 9.17) is 4.74 Å². The van der Waals surface area contributed by atoms with Crippen LogP contribution in [-0.2, 0) is 17.7 Å². The van der Waals surface area contributed by atoms with Gasteiger partial charge in [0, 0.05) is 25.8 Å². The summed E-state index contributed by atoms with van der Waals surface area (Å²) in [4.78, 5) is 0. The number of hydrogen-bond acceptors (Lipinski definition) is 3. The van der Waals surface area contributed by atoms with Crippen molar-refractivity contribution in [3.8, 4) is 0 Å². The van der Waals surface area contributed by atoms with Crippen LogP contribution in [0.3, 0.4) is 0 Å². The molecule has 1 aliphatic rings. The van der Waals surface area contributed by atoms with Crippen LogP contribution < -0.4 is 0 Å². The molecule has 1 aromatic rings. The predicted octanol–water partition coefficient (Wildman–Crippen LogP) is 2.79. The number of hydrogen-bond donors (Lipinski definition) is 1. The molecule has 4 nitrogen and oxygen atoms in total. The van der Waals surface area contributed by atoms with Crippen molar-refractivity contribution in [2.75, 3.05) is 6.61 Å². The second-order valence-electron chi connectivity index (χ2n) is 6.12. The lowest BCUT2D eigenvalue weighted by Crippen LogP contribution is -2.49. The first-order valence-corrected chi connectivity index (χ1v) is 7.93. The molecule has 0 amide bonds. The Hall–Kier alpha value is -0.870. The molecule has 3 atom stereocenters. The second-order valence-corrected chi connectivity index (χ2v) is 6.12. The molecule has 1 N–H and O–H groups in total. The van der Waals surface area contributed by atoms with Crippen molar-refractivity contribution in [1.29, 1.82) is 0 Å². The summed E-state index contributed by atoms with van der Waals surface area (Å²) in [7, 11) is 0. The first kappa shape index (κ1) is 15.5. The second kappa shape index (κ2) is 6.72. The van der Waals surface area contributed by atoms with Crippen LogP contribution in [0.4, 0.5) is 0 Å². The fourth-order valence-electron chi connectivity index (χ4n) is 3.46. The average molecular weight is 280 g/mol. The molecule has 0 aliphatic heterocycles. The van der Waals surface area contributed by atoms with Crippen molar-refractivity contribution in [2.24, 2.45) is 5.92 Å². The zero-order chi connectivity index (χ0) is 14.6. The highest BCUT2D eigenvalue weighted by atomic mass is 16.5. The van der Waals surface area contributed by atoms with Gasteiger partial charge in [0.05, 0.1) is 17.9 Å². The Morgan fingerprint density at radius 1 is 1.55 bits per heavy atom. The first-order valence-electron chi connectivity index (χ1n) is 7.93. The molecular formula is C16H28N2O2. The van der Waals surface area contributed by atoms with Crippen molar-refractivity contribution in [1.82, 2.24) is 9.78 Å². The van der Waals surface area contributed by atoms with Crippen molar-refractivity contribution in [3.63, 3.8) is 0 Å². The number of nitrogens with zero attached hydrogens (tertiary/aromatic N) is 2. The first-order chi connectivity index (χ1) is 9.59. The fraction of sp³-hybridized carbons (Fsp3) is 0.812. The molecule has 0 radical (unpaired) electrons. The predicted molar refractivity (Wildman–Crippen MR) is 79.6 cm³/mol. The summed E-state index contributed by atoms with van der Waals surface area (Å²) in [5, 5.41) is 15.0. The van der Waals surface area contributed by atoms with Crippen molar-refractivity contribution in [2.45, 2.75) is 71.1 Å². The fourth-order valence-corrected chi connectivity index (χ4v) is 3.46. The lowest BCUT2D eigenvalue weighted by Gasteiger charge is -2.43. The summed E-state index contributed by atoms with van der Waals surface area (Å²) in [6.45, 7) is 7.87. The number of ether oxygens (including phenoxy) is 1. The molecule has 0 bridgehead atoms. The van der Waals surface area contributed by atoms with E-state index >= 15 is 0 Å². The number of aliphatic hydroxyl groups excluding tert-OH is 1. The number of rotatable bonds is 6. The molecule has 114 valence electrons. The number of aliphatic hydroxyl groups is 1.